The summed E-state index contributed by atoms with van der Waals surface area (Å²) >= 11 is 0. The molecular weight excluding hydrogens is 419 g/mol. The highest BCUT2D eigenvalue weighted by atomic mass is 19.4. The van der Waals surface area contributed by atoms with Crippen molar-refractivity contribution >= 4 is 17.5 Å². The normalized spacial score (nSPS) is 18.0. The number of aromatic nitrogens is 1. The molecule has 0 atom stereocenters. The van der Waals surface area contributed by atoms with Gasteiger partial charge in [0.05, 0.1) is 17.4 Å². The van der Waals surface area contributed by atoms with Gasteiger partial charge in [-0.1, -0.05) is 12.1 Å². The lowest BCUT2D eigenvalue weighted by Crippen LogP contribution is -2.38. The molecule has 0 radical (unpaired) electrons. The van der Waals surface area contributed by atoms with E-state index in [4.69, 9.17) is 0 Å². The Balaban J connectivity index is 1.27. The van der Waals surface area contributed by atoms with E-state index in [1.807, 2.05) is 12.1 Å². The molecule has 0 spiro atoms. The fourth-order valence-corrected chi connectivity index (χ4v) is 4.19. The van der Waals surface area contributed by atoms with Crippen LogP contribution in [0.25, 0.3) is 0 Å². The van der Waals surface area contributed by atoms with Crippen LogP contribution in [0.4, 0.5) is 29.5 Å². The first-order valence-corrected chi connectivity index (χ1v) is 11.0. The number of benzene rings is 1. The van der Waals surface area contributed by atoms with Crippen LogP contribution in [0.5, 0.6) is 0 Å². The highest BCUT2D eigenvalue weighted by molar-refractivity contribution is 5.89. The van der Waals surface area contributed by atoms with Crippen molar-refractivity contribution in [3.05, 3.63) is 53.7 Å². The van der Waals surface area contributed by atoms with E-state index in [-0.39, 0.29) is 6.03 Å². The predicted octanol–water partition coefficient (Wildman–Crippen LogP) is 4.44. The highest BCUT2D eigenvalue weighted by Gasteiger charge is 2.30. The Morgan fingerprint density at radius 3 is 2.31 bits per heavy atom. The molecule has 1 aromatic carbocycles. The number of rotatable bonds is 4. The molecule has 32 heavy (non-hydrogen) atoms. The molecule has 6 nitrogen and oxygen atoms in total. The van der Waals surface area contributed by atoms with Gasteiger partial charge >= 0.3 is 12.2 Å². The van der Waals surface area contributed by atoms with Gasteiger partial charge in [0.15, 0.2) is 0 Å². The first-order chi connectivity index (χ1) is 15.4. The number of anilines is 2. The van der Waals surface area contributed by atoms with Gasteiger partial charge in [-0.3, -0.25) is 4.90 Å². The third-order valence-electron chi connectivity index (χ3n) is 5.99. The van der Waals surface area contributed by atoms with Gasteiger partial charge < -0.3 is 15.1 Å². The topological polar surface area (TPSA) is 51.7 Å². The summed E-state index contributed by atoms with van der Waals surface area (Å²) in [6, 6.07) is 8.96. The van der Waals surface area contributed by atoms with Gasteiger partial charge in [-0.2, -0.15) is 13.2 Å². The zero-order valence-electron chi connectivity index (χ0n) is 17.9. The number of nitrogens with one attached hydrogen (secondary N) is 1. The maximum atomic E-state index is 12.7. The zero-order chi connectivity index (χ0) is 22.6. The van der Waals surface area contributed by atoms with Crippen LogP contribution in [0.1, 0.15) is 30.4 Å². The number of hydrogen-bond acceptors (Lipinski definition) is 4. The predicted molar refractivity (Wildman–Crippen MR) is 118 cm³/mol. The Kier molecular flexibility index (Phi) is 6.83. The van der Waals surface area contributed by atoms with Crippen molar-refractivity contribution in [1.29, 1.82) is 0 Å². The second kappa shape index (κ2) is 9.77. The lowest BCUT2D eigenvalue weighted by atomic mass is 10.1. The molecule has 1 aromatic heterocycles. The molecule has 9 heteroatoms. The number of amides is 2. The van der Waals surface area contributed by atoms with E-state index in [0.29, 0.717) is 31.9 Å². The second-order valence-corrected chi connectivity index (χ2v) is 8.34. The van der Waals surface area contributed by atoms with E-state index < -0.39 is 11.7 Å². The van der Waals surface area contributed by atoms with E-state index in [1.54, 1.807) is 11.1 Å². The Hall–Kier alpha value is -2.81. The van der Waals surface area contributed by atoms with Crippen LogP contribution >= 0.6 is 0 Å². The largest absolute Gasteiger partial charge is 0.416 e. The van der Waals surface area contributed by atoms with Crippen LogP contribution in [0, 0.1) is 0 Å². The van der Waals surface area contributed by atoms with Crippen LogP contribution in [0.3, 0.4) is 0 Å². The summed E-state index contributed by atoms with van der Waals surface area (Å²) in [4.78, 5) is 23.4. The second-order valence-electron chi connectivity index (χ2n) is 8.34. The van der Waals surface area contributed by atoms with Gasteiger partial charge in [-0.25, -0.2) is 9.78 Å². The van der Waals surface area contributed by atoms with Crippen molar-refractivity contribution in [3.8, 4) is 0 Å². The average molecular weight is 448 g/mol. The minimum Gasteiger partial charge on any atom is -0.357 e. The van der Waals surface area contributed by atoms with E-state index in [0.717, 1.165) is 49.6 Å². The summed E-state index contributed by atoms with van der Waals surface area (Å²) in [5.74, 6) is 0.939. The maximum absolute atomic E-state index is 12.7. The number of alkyl halides is 3. The number of halogens is 3. The summed E-state index contributed by atoms with van der Waals surface area (Å²) in [6.07, 6.45) is 0.551. The molecule has 172 valence electrons. The molecule has 2 aliphatic rings. The van der Waals surface area contributed by atoms with Gasteiger partial charge in [-0.05, 0) is 49.1 Å². The number of hydrogen-bond donors (Lipinski definition) is 1. The quantitative estimate of drug-likeness (QED) is 0.753. The van der Waals surface area contributed by atoms with Gasteiger partial charge in [0.1, 0.15) is 5.82 Å². The van der Waals surface area contributed by atoms with E-state index >= 15 is 0 Å². The number of urea groups is 1. The monoisotopic (exact) mass is 447 g/mol. The maximum Gasteiger partial charge on any atom is 0.416 e. The first kappa shape index (κ1) is 22.4. The zero-order valence-corrected chi connectivity index (χ0v) is 17.9. The van der Waals surface area contributed by atoms with Crippen molar-refractivity contribution in [2.45, 2.75) is 32.0 Å². The van der Waals surface area contributed by atoms with Crippen LogP contribution in [0.2, 0.25) is 0 Å². The van der Waals surface area contributed by atoms with Crippen molar-refractivity contribution in [2.24, 2.45) is 0 Å². The average Bonchev–Trinajstić information content (AvgIpc) is 3.21. The lowest BCUT2D eigenvalue weighted by molar-refractivity contribution is -0.137. The SMILES string of the molecule is O=C(Nc1ccc(N2CCCC2)nc1)N1CCCN(Cc2ccc(C(F)(F)F)cc2)CC1. The third-order valence-corrected chi connectivity index (χ3v) is 5.99. The smallest absolute Gasteiger partial charge is 0.357 e. The van der Waals surface area contributed by atoms with Gasteiger partial charge in [0, 0.05) is 45.8 Å². The van der Waals surface area contributed by atoms with Crippen LogP contribution in [0.15, 0.2) is 42.6 Å². The van der Waals surface area contributed by atoms with Gasteiger partial charge in [-0.15, -0.1) is 0 Å². The minimum atomic E-state index is -4.32. The fraction of sp³-hybridized carbons (Fsp3) is 0.478. The lowest BCUT2D eigenvalue weighted by Gasteiger charge is -2.22. The number of carbonyl (C=O) groups is 1. The summed E-state index contributed by atoms with van der Waals surface area (Å²) in [5.41, 5.74) is 0.867. The molecule has 1 N–H and O–H groups in total. The molecule has 2 saturated heterocycles. The van der Waals surface area contributed by atoms with E-state index in [1.165, 1.54) is 25.0 Å². The first-order valence-electron chi connectivity index (χ1n) is 11.0. The van der Waals surface area contributed by atoms with E-state index in [9.17, 15) is 18.0 Å². The van der Waals surface area contributed by atoms with Crippen molar-refractivity contribution < 1.29 is 18.0 Å². The molecule has 0 unspecified atom stereocenters. The summed E-state index contributed by atoms with van der Waals surface area (Å²) < 4.78 is 38.2. The van der Waals surface area contributed by atoms with Crippen molar-refractivity contribution in [3.63, 3.8) is 0 Å². The standard InChI is InChI=1S/C23H28F3N5O/c24-23(25,26)19-6-4-18(5-7-19)17-29-10-3-13-31(15-14-29)22(32)28-20-8-9-21(27-16-20)30-11-1-2-12-30/h4-9,16H,1-3,10-15,17H2,(H,28,32). The van der Waals surface area contributed by atoms with Crippen molar-refractivity contribution in [2.75, 3.05) is 49.5 Å². The number of carbonyl (C=O) groups excluding carboxylic acids is 1. The van der Waals surface area contributed by atoms with Crippen LogP contribution < -0.4 is 10.2 Å². The molecule has 3 heterocycles. The molecule has 0 saturated carbocycles. The summed E-state index contributed by atoms with van der Waals surface area (Å²) in [6.45, 7) is 5.26. The highest BCUT2D eigenvalue weighted by Crippen LogP contribution is 2.29. The Bertz CT molecular complexity index is 895. The fourth-order valence-electron chi connectivity index (χ4n) is 4.19. The van der Waals surface area contributed by atoms with Gasteiger partial charge in [0.2, 0.25) is 0 Å². The minimum absolute atomic E-state index is 0.155. The molecular formula is C23H28F3N5O. The Morgan fingerprint density at radius 2 is 1.66 bits per heavy atom. The van der Waals surface area contributed by atoms with Crippen LogP contribution in [-0.4, -0.2) is 60.1 Å². The summed E-state index contributed by atoms with van der Waals surface area (Å²) in [5, 5.41) is 2.92. The summed E-state index contributed by atoms with van der Waals surface area (Å²) in [7, 11) is 0. The molecule has 4 rings (SSSR count). The number of nitrogens with zero attached hydrogens (tertiary/aromatic N) is 4. The molecule has 2 aromatic rings. The molecule has 2 fully saturated rings. The molecule has 2 amide bonds. The van der Waals surface area contributed by atoms with Crippen molar-refractivity contribution in [1.82, 2.24) is 14.8 Å². The third kappa shape index (κ3) is 5.70. The molecule has 0 bridgehead atoms. The number of pyridine rings is 1. The Morgan fingerprint density at radius 1 is 0.906 bits per heavy atom. The molecule has 2 aliphatic heterocycles. The van der Waals surface area contributed by atoms with Gasteiger partial charge in [0.25, 0.3) is 0 Å². The van der Waals surface area contributed by atoms with E-state index in [2.05, 4.69) is 20.1 Å². The van der Waals surface area contributed by atoms with Crippen LogP contribution in [-0.2, 0) is 12.7 Å². The molecule has 0 aliphatic carbocycles. The Labute approximate surface area is 186 Å².